The molecule has 1 aromatic carbocycles. The van der Waals surface area contributed by atoms with Gasteiger partial charge in [-0.2, -0.15) is 17.5 Å². The van der Waals surface area contributed by atoms with Gasteiger partial charge in [0.05, 0.1) is 29.8 Å². The number of alkyl halides is 3. The van der Waals surface area contributed by atoms with Crippen molar-refractivity contribution in [2.45, 2.75) is 17.6 Å². The first-order valence-corrected chi connectivity index (χ1v) is 10.3. The second-order valence-corrected chi connectivity index (χ2v) is 8.50. The number of furan rings is 1. The lowest BCUT2D eigenvalue weighted by Crippen LogP contribution is -2.51. The molecule has 3 rings (SSSR count). The average Bonchev–Trinajstić information content (AvgIpc) is 3.20. The molecule has 2 heterocycles. The molecule has 0 spiro atoms. The van der Waals surface area contributed by atoms with Gasteiger partial charge >= 0.3 is 6.18 Å². The van der Waals surface area contributed by atoms with Gasteiger partial charge in [-0.1, -0.05) is 6.07 Å². The smallest absolute Gasteiger partial charge is 0.416 e. The van der Waals surface area contributed by atoms with Crippen LogP contribution in [0.25, 0.3) is 0 Å². The molecule has 1 N–H and O–H groups in total. The molecular formula is C18H20F3N3O4S. The van der Waals surface area contributed by atoms with Gasteiger partial charge in [-0.25, -0.2) is 8.42 Å². The Morgan fingerprint density at radius 3 is 2.45 bits per heavy atom. The molecule has 0 atom stereocenters. The topological polar surface area (TPSA) is 82.9 Å². The standard InChI is InChI=1S/C18H20F3N3O4S/c19-18(20,21)14-3-1-5-16(11-14)29(26,27)24-8-6-23(7-9-24)13-17(25)22-12-15-4-2-10-28-15/h1-5,10-11H,6-9,12-13H2,(H,22,25). The molecule has 0 bridgehead atoms. The quantitative estimate of drug-likeness (QED) is 0.756. The summed E-state index contributed by atoms with van der Waals surface area (Å²) in [7, 11) is -4.04. The zero-order valence-corrected chi connectivity index (χ0v) is 16.2. The molecule has 0 radical (unpaired) electrons. The number of nitrogens with zero attached hydrogens (tertiary/aromatic N) is 2. The van der Waals surface area contributed by atoms with Gasteiger partial charge in [-0.15, -0.1) is 0 Å². The van der Waals surface area contributed by atoms with E-state index < -0.39 is 26.7 Å². The second kappa shape index (κ2) is 8.56. The van der Waals surface area contributed by atoms with Gasteiger partial charge in [0.2, 0.25) is 15.9 Å². The highest BCUT2D eigenvalue weighted by Crippen LogP contribution is 2.31. The van der Waals surface area contributed by atoms with Gasteiger partial charge < -0.3 is 9.73 Å². The molecule has 1 saturated heterocycles. The van der Waals surface area contributed by atoms with E-state index in [0.717, 1.165) is 22.5 Å². The minimum Gasteiger partial charge on any atom is -0.467 e. The van der Waals surface area contributed by atoms with Crippen molar-refractivity contribution in [3.8, 4) is 0 Å². The van der Waals surface area contributed by atoms with Crippen LogP contribution in [0.4, 0.5) is 13.2 Å². The summed E-state index contributed by atoms with van der Waals surface area (Å²) in [6.07, 6.45) is -3.11. The van der Waals surface area contributed by atoms with E-state index in [1.165, 1.54) is 6.26 Å². The lowest BCUT2D eigenvalue weighted by atomic mass is 10.2. The largest absolute Gasteiger partial charge is 0.467 e. The Balaban J connectivity index is 1.55. The Labute approximate surface area is 166 Å². The Bertz CT molecular complexity index is 938. The van der Waals surface area contributed by atoms with Crippen molar-refractivity contribution < 1.29 is 30.8 Å². The van der Waals surface area contributed by atoms with Crippen LogP contribution in [0.5, 0.6) is 0 Å². The summed E-state index contributed by atoms with van der Waals surface area (Å²) in [6, 6.07) is 7.15. The van der Waals surface area contributed by atoms with Crippen LogP contribution in [0.1, 0.15) is 11.3 Å². The summed E-state index contributed by atoms with van der Waals surface area (Å²) in [6.45, 7) is 1.13. The number of hydrogen-bond acceptors (Lipinski definition) is 5. The molecule has 0 saturated carbocycles. The van der Waals surface area contributed by atoms with Crippen molar-refractivity contribution >= 4 is 15.9 Å². The van der Waals surface area contributed by atoms with Crippen LogP contribution in [0.15, 0.2) is 52.0 Å². The van der Waals surface area contributed by atoms with Crippen molar-refractivity contribution in [1.82, 2.24) is 14.5 Å². The van der Waals surface area contributed by atoms with E-state index in [2.05, 4.69) is 5.32 Å². The first kappa shape index (κ1) is 21.3. The Morgan fingerprint density at radius 2 is 1.83 bits per heavy atom. The number of hydrogen-bond donors (Lipinski definition) is 1. The van der Waals surface area contributed by atoms with E-state index >= 15 is 0 Å². The number of carbonyl (C=O) groups is 1. The molecule has 1 aromatic heterocycles. The fraction of sp³-hybridized carbons (Fsp3) is 0.389. The predicted octanol–water partition coefficient (Wildman–Crippen LogP) is 1.92. The molecular weight excluding hydrogens is 411 g/mol. The molecule has 0 aliphatic carbocycles. The van der Waals surface area contributed by atoms with Crippen molar-refractivity contribution in [2.75, 3.05) is 32.7 Å². The molecule has 29 heavy (non-hydrogen) atoms. The number of piperazine rings is 1. The van der Waals surface area contributed by atoms with Gasteiger partial charge in [-0.05, 0) is 30.3 Å². The molecule has 0 unspecified atom stereocenters. The minimum absolute atomic E-state index is 0.0873. The van der Waals surface area contributed by atoms with Crippen LogP contribution in [-0.4, -0.2) is 56.3 Å². The number of nitrogens with one attached hydrogen (secondary N) is 1. The Kier molecular flexibility index (Phi) is 6.30. The zero-order valence-electron chi connectivity index (χ0n) is 15.4. The van der Waals surface area contributed by atoms with E-state index in [1.54, 1.807) is 17.0 Å². The predicted molar refractivity (Wildman–Crippen MR) is 97.2 cm³/mol. The normalized spacial score (nSPS) is 16.7. The lowest BCUT2D eigenvalue weighted by molar-refractivity contribution is -0.137. The molecule has 158 valence electrons. The van der Waals surface area contributed by atoms with E-state index in [0.29, 0.717) is 24.9 Å². The Hall–Kier alpha value is -2.37. The van der Waals surface area contributed by atoms with Gasteiger partial charge in [0.1, 0.15) is 5.76 Å². The van der Waals surface area contributed by atoms with Crippen molar-refractivity contribution in [3.63, 3.8) is 0 Å². The molecule has 7 nitrogen and oxygen atoms in total. The van der Waals surface area contributed by atoms with Crippen LogP contribution in [0.3, 0.4) is 0 Å². The molecule has 1 amide bonds. The fourth-order valence-electron chi connectivity index (χ4n) is 2.97. The monoisotopic (exact) mass is 431 g/mol. The maximum absolute atomic E-state index is 12.9. The van der Waals surface area contributed by atoms with Gasteiger partial charge in [0.15, 0.2) is 0 Å². The van der Waals surface area contributed by atoms with Crippen molar-refractivity contribution in [1.29, 1.82) is 0 Å². The van der Waals surface area contributed by atoms with E-state index in [4.69, 9.17) is 4.42 Å². The number of carbonyl (C=O) groups excluding carboxylic acids is 1. The second-order valence-electron chi connectivity index (χ2n) is 6.56. The molecule has 11 heteroatoms. The molecule has 2 aromatic rings. The third-order valence-corrected chi connectivity index (χ3v) is 6.43. The summed E-state index contributed by atoms with van der Waals surface area (Å²) >= 11 is 0. The van der Waals surface area contributed by atoms with Crippen molar-refractivity contribution in [2.24, 2.45) is 0 Å². The summed E-state index contributed by atoms with van der Waals surface area (Å²) in [5.41, 5.74) is -1.01. The Morgan fingerprint density at radius 1 is 1.10 bits per heavy atom. The number of halogens is 3. The van der Waals surface area contributed by atoms with Crippen LogP contribution in [0.2, 0.25) is 0 Å². The minimum atomic E-state index is -4.62. The van der Waals surface area contributed by atoms with Gasteiger partial charge in [-0.3, -0.25) is 9.69 Å². The molecule has 1 aliphatic rings. The first-order chi connectivity index (χ1) is 13.7. The van der Waals surface area contributed by atoms with E-state index in [-0.39, 0.29) is 32.1 Å². The van der Waals surface area contributed by atoms with Crippen LogP contribution in [0, 0.1) is 0 Å². The average molecular weight is 431 g/mol. The molecule has 1 aliphatic heterocycles. The van der Waals surface area contributed by atoms with E-state index in [1.807, 2.05) is 0 Å². The lowest BCUT2D eigenvalue weighted by Gasteiger charge is -2.33. The summed E-state index contributed by atoms with van der Waals surface area (Å²) in [4.78, 5) is 13.4. The third kappa shape index (κ3) is 5.37. The highest BCUT2D eigenvalue weighted by molar-refractivity contribution is 7.89. The zero-order chi connectivity index (χ0) is 21.1. The van der Waals surface area contributed by atoms with Gasteiger partial charge in [0, 0.05) is 26.2 Å². The highest BCUT2D eigenvalue weighted by Gasteiger charge is 2.34. The highest BCUT2D eigenvalue weighted by atomic mass is 32.2. The number of rotatable bonds is 6. The summed E-state index contributed by atoms with van der Waals surface area (Å²) in [5.74, 6) is 0.394. The SMILES string of the molecule is O=C(CN1CCN(S(=O)(=O)c2cccc(C(F)(F)F)c2)CC1)NCc1ccco1. The van der Waals surface area contributed by atoms with E-state index in [9.17, 15) is 26.4 Å². The summed E-state index contributed by atoms with van der Waals surface area (Å²) < 4.78 is 70.2. The van der Waals surface area contributed by atoms with Crippen LogP contribution < -0.4 is 5.32 Å². The van der Waals surface area contributed by atoms with Crippen LogP contribution in [-0.2, 0) is 27.5 Å². The number of sulfonamides is 1. The van der Waals surface area contributed by atoms with Crippen molar-refractivity contribution in [3.05, 3.63) is 54.0 Å². The first-order valence-electron chi connectivity index (χ1n) is 8.85. The fourth-order valence-corrected chi connectivity index (χ4v) is 4.44. The maximum atomic E-state index is 12.9. The maximum Gasteiger partial charge on any atom is 0.416 e. The third-order valence-electron chi connectivity index (χ3n) is 4.54. The van der Waals surface area contributed by atoms with Gasteiger partial charge in [0.25, 0.3) is 0 Å². The number of benzene rings is 1. The summed E-state index contributed by atoms with van der Waals surface area (Å²) in [5, 5.41) is 2.71. The van der Waals surface area contributed by atoms with Crippen LogP contribution >= 0.6 is 0 Å². The number of amides is 1. The molecule has 1 fully saturated rings.